The molecule has 0 aliphatic rings. The third-order valence-corrected chi connectivity index (χ3v) is 1.80. The van der Waals surface area contributed by atoms with Gasteiger partial charge in [0.2, 0.25) is 0 Å². The first kappa shape index (κ1) is 11.5. The summed E-state index contributed by atoms with van der Waals surface area (Å²) in [7, 11) is 0. The van der Waals surface area contributed by atoms with Crippen molar-refractivity contribution in [1.29, 1.82) is 0 Å². The van der Waals surface area contributed by atoms with Gasteiger partial charge in [0, 0.05) is 18.9 Å². The molecule has 0 saturated carbocycles. The molecule has 1 aromatic heterocycles. The molecular formula is C9H15N3O3. The van der Waals surface area contributed by atoms with E-state index < -0.39 is 5.97 Å². The average molecular weight is 213 g/mol. The third kappa shape index (κ3) is 3.97. The smallest absolute Gasteiger partial charge is 0.321 e. The highest BCUT2D eigenvalue weighted by Gasteiger charge is 2.08. The number of carboxylic acids is 1. The van der Waals surface area contributed by atoms with Crippen LogP contribution in [-0.4, -0.2) is 27.8 Å². The lowest BCUT2D eigenvalue weighted by Gasteiger charge is -1.97. The molecule has 1 heterocycles. The van der Waals surface area contributed by atoms with Crippen molar-refractivity contribution < 1.29 is 14.4 Å². The van der Waals surface area contributed by atoms with E-state index in [2.05, 4.69) is 15.5 Å². The van der Waals surface area contributed by atoms with Crippen molar-refractivity contribution in [3.8, 4) is 0 Å². The summed E-state index contributed by atoms with van der Waals surface area (Å²) in [5.41, 5.74) is 0. The standard InChI is InChI=1S/C9H15N3O3/c1-6(2)8-11-9(15-12-8)10-5-3-4-7(13)14/h6H,3-5H2,1-2H3,(H,13,14)(H,10,11,12). The number of hydrogen-bond donors (Lipinski definition) is 2. The molecule has 0 aliphatic heterocycles. The summed E-state index contributed by atoms with van der Waals surface area (Å²) in [6, 6.07) is 0.351. The summed E-state index contributed by atoms with van der Waals surface area (Å²) < 4.78 is 4.91. The fourth-order valence-electron chi connectivity index (χ4n) is 0.976. The van der Waals surface area contributed by atoms with Gasteiger partial charge >= 0.3 is 12.0 Å². The molecule has 0 aromatic carbocycles. The van der Waals surface area contributed by atoms with E-state index in [1.807, 2.05) is 13.8 Å². The molecule has 0 saturated heterocycles. The minimum atomic E-state index is -0.801. The number of anilines is 1. The van der Waals surface area contributed by atoms with E-state index in [9.17, 15) is 4.79 Å². The van der Waals surface area contributed by atoms with Gasteiger partial charge in [0.25, 0.3) is 0 Å². The number of aliphatic carboxylic acids is 1. The van der Waals surface area contributed by atoms with Crippen LogP contribution in [0.2, 0.25) is 0 Å². The van der Waals surface area contributed by atoms with Crippen LogP contribution in [0.15, 0.2) is 4.52 Å². The van der Waals surface area contributed by atoms with Gasteiger partial charge in [-0.25, -0.2) is 0 Å². The first-order chi connectivity index (χ1) is 7.09. The van der Waals surface area contributed by atoms with Gasteiger partial charge in [0.1, 0.15) is 0 Å². The predicted octanol–water partition coefficient (Wildman–Crippen LogP) is 1.47. The van der Waals surface area contributed by atoms with Crippen LogP contribution in [0, 0.1) is 0 Å². The molecule has 1 aromatic rings. The number of aromatic nitrogens is 2. The van der Waals surface area contributed by atoms with Gasteiger partial charge in [-0.1, -0.05) is 19.0 Å². The number of nitrogens with zero attached hydrogens (tertiary/aromatic N) is 2. The number of carbonyl (C=O) groups is 1. The largest absolute Gasteiger partial charge is 0.481 e. The number of nitrogens with one attached hydrogen (secondary N) is 1. The molecule has 0 unspecified atom stereocenters. The van der Waals surface area contributed by atoms with Crippen LogP contribution in [0.3, 0.4) is 0 Å². The predicted molar refractivity (Wildman–Crippen MR) is 53.7 cm³/mol. The summed E-state index contributed by atoms with van der Waals surface area (Å²) in [5, 5.41) is 15.0. The highest BCUT2D eigenvalue weighted by Crippen LogP contribution is 2.12. The normalized spacial score (nSPS) is 10.6. The Labute approximate surface area is 87.7 Å². The Morgan fingerprint density at radius 2 is 2.33 bits per heavy atom. The maximum absolute atomic E-state index is 10.2. The highest BCUT2D eigenvalue weighted by molar-refractivity contribution is 5.66. The average Bonchev–Trinajstić information content (AvgIpc) is 2.60. The second-order valence-corrected chi connectivity index (χ2v) is 3.54. The van der Waals surface area contributed by atoms with E-state index in [1.165, 1.54) is 0 Å². The second kappa shape index (κ2) is 5.33. The van der Waals surface area contributed by atoms with Crippen molar-refractivity contribution in [1.82, 2.24) is 10.1 Å². The Morgan fingerprint density at radius 3 is 2.87 bits per heavy atom. The monoisotopic (exact) mass is 213 g/mol. The Bertz CT molecular complexity index is 322. The molecule has 84 valence electrons. The number of rotatable bonds is 6. The van der Waals surface area contributed by atoms with E-state index in [0.717, 1.165) is 0 Å². The third-order valence-electron chi connectivity index (χ3n) is 1.80. The van der Waals surface area contributed by atoms with E-state index in [4.69, 9.17) is 9.63 Å². The van der Waals surface area contributed by atoms with E-state index in [0.29, 0.717) is 24.8 Å². The zero-order valence-electron chi connectivity index (χ0n) is 8.86. The number of carboxylic acid groups (broad SMARTS) is 1. The molecular weight excluding hydrogens is 198 g/mol. The van der Waals surface area contributed by atoms with Crippen LogP contribution in [0.25, 0.3) is 0 Å². The van der Waals surface area contributed by atoms with Crippen LogP contribution in [0.4, 0.5) is 6.01 Å². The lowest BCUT2D eigenvalue weighted by Crippen LogP contribution is -2.05. The second-order valence-electron chi connectivity index (χ2n) is 3.54. The van der Waals surface area contributed by atoms with Crippen molar-refractivity contribution in [3.05, 3.63) is 5.82 Å². The summed E-state index contributed by atoms with van der Waals surface area (Å²) >= 11 is 0. The molecule has 0 spiro atoms. The van der Waals surface area contributed by atoms with Crippen molar-refractivity contribution in [2.45, 2.75) is 32.6 Å². The summed E-state index contributed by atoms with van der Waals surface area (Å²) in [6.45, 7) is 4.46. The zero-order chi connectivity index (χ0) is 11.3. The fourth-order valence-corrected chi connectivity index (χ4v) is 0.976. The van der Waals surface area contributed by atoms with Crippen LogP contribution in [0.1, 0.15) is 38.4 Å². The highest BCUT2D eigenvalue weighted by atomic mass is 16.5. The Kier molecular flexibility index (Phi) is 4.08. The molecule has 0 fully saturated rings. The van der Waals surface area contributed by atoms with Crippen molar-refractivity contribution >= 4 is 12.0 Å². The van der Waals surface area contributed by atoms with E-state index >= 15 is 0 Å². The van der Waals surface area contributed by atoms with Gasteiger partial charge in [-0.2, -0.15) is 4.98 Å². The van der Waals surface area contributed by atoms with E-state index in [-0.39, 0.29) is 12.3 Å². The SMILES string of the molecule is CC(C)c1noc(NCCCC(=O)O)n1. The molecule has 0 amide bonds. The summed E-state index contributed by atoms with van der Waals surface area (Å²) in [5.74, 6) is 0.0734. The fraction of sp³-hybridized carbons (Fsp3) is 0.667. The summed E-state index contributed by atoms with van der Waals surface area (Å²) in [4.78, 5) is 14.3. The maximum Gasteiger partial charge on any atom is 0.321 e. The van der Waals surface area contributed by atoms with Gasteiger partial charge in [-0.05, 0) is 6.42 Å². The van der Waals surface area contributed by atoms with Crippen LogP contribution < -0.4 is 5.32 Å². The lowest BCUT2D eigenvalue weighted by atomic mass is 10.2. The van der Waals surface area contributed by atoms with Crippen molar-refractivity contribution in [3.63, 3.8) is 0 Å². The van der Waals surface area contributed by atoms with Crippen LogP contribution >= 0.6 is 0 Å². The lowest BCUT2D eigenvalue weighted by molar-refractivity contribution is -0.137. The van der Waals surface area contributed by atoms with E-state index in [1.54, 1.807) is 0 Å². The number of hydrogen-bond acceptors (Lipinski definition) is 5. The Balaban J connectivity index is 2.28. The van der Waals surface area contributed by atoms with Crippen LogP contribution in [-0.2, 0) is 4.79 Å². The molecule has 0 aliphatic carbocycles. The first-order valence-corrected chi connectivity index (χ1v) is 4.89. The molecule has 6 nitrogen and oxygen atoms in total. The molecule has 0 radical (unpaired) electrons. The molecule has 6 heteroatoms. The Hall–Kier alpha value is -1.59. The summed E-state index contributed by atoms with van der Waals surface area (Å²) in [6.07, 6.45) is 0.674. The van der Waals surface area contributed by atoms with Gasteiger partial charge in [0.15, 0.2) is 5.82 Å². The zero-order valence-corrected chi connectivity index (χ0v) is 8.86. The van der Waals surface area contributed by atoms with Crippen molar-refractivity contribution in [2.75, 3.05) is 11.9 Å². The molecule has 15 heavy (non-hydrogen) atoms. The van der Waals surface area contributed by atoms with Gasteiger partial charge in [0.05, 0.1) is 0 Å². The molecule has 0 bridgehead atoms. The molecule has 0 atom stereocenters. The molecule has 1 rings (SSSR count). The quantitative estimate of drug-likeness (QED) is 0.695. The first-order valence-electron chi connectivity index (χ1n) is 4.89. The maximum atomic E-state index is 10.2. The molecule has 2 N–H and O–H groups in total. The minimum Gasteiger partial charge on any atom is -0.481 e. The van der Waals surface area contributed by atoms with Gasteiger partial charge in [-0.3, -0.25) is 4.79 Å². The Morgan fingerprint density at radius 1 is 1.60 bits per heavy atom. The van der Waals surface area contributed by atoms with Gasteiger partial charge in [-0.15, -0.1) is 0 Å². The van der Waals surface area contributed by atoms with Gasteiger partial charge < -0.3 is 14.9 Å². The minimum absolute atomic E-state index is 0.137. The van der Waals surface area contributed by atoms with Crippen molar-refractivity contribution in [2.24, 2.45) is 0 Å². The van der Waals surface area contributed by atoms with Crippen LogP contribution in [0.5, 0.6) is 0 Å². The topological polar surface area (TPSA) is 88.2 Å².